The summed E-state index contributed by atoms with van der Waals surface area (Å²) in [6, 6.07) is 0. The molecule has 0 N–H and O–H groups in total. The maximum absolute atomic E-state index is 6.17. The van der Waals surface area contributed by atoms with Gasteiger partial charge in [0, 0.05) is 0 Å². The van der Waals surface area contributed by atoms with E-state index in [9.17, 15) is 0 Å². The highest BCUT2D eigenvalue weighted by atomic mass is 14.6. The number of fused-ring (bicyclic) bond motifs is 6. The van der Waals surface area contributed by atoms with Crippen molar-refractivity contribution in [1.82, 2.24) is 0 Å². The predicted octanol–water partition coefficient (Wildman–Crippen LogP) is 8.76. The van der Waals surface area contributed by atoms with E-state index in [1.54, 1.807) is 0 Å². The van der Waals surface area contributed by atoms with Gasteiger partial charge in [-0.3, -0.25) is 0 Å². The zero-order valence-electron chi connectivity index (χ0n) is 23.6. The van der Waals surface area contributed by atoms with E-state index in [1.807, 2.05) is 0 Å². The minimum Gasteiger partial charge on any atom is -0.0738 e. The van der Waals surface area contributed by atoms with Crippen LogP contribution in [0.2, 0.25) is 17.5 Å². The first-order valence-corrected chi connectivity index (χ1v) is 15.4. The molecule has 0 aromatic rings. The standard InChI is InChI=1S/C11H19B.2C10H17B/c1-3-11-6-4-5-9(8(11)2)10(12)7-11;2*1-3-10-5-4-8(7(10)2)9(11)6-10/h8-10H,3-7H2,1-2H3;2*7-9H,3-6H2,1-2H3/t8-,9?,10+,11?;7-,8?,9+,10?;7-,8+,9+,10?/m000/s1. The highest BCUT2D eigenvalue weighted by Gasteiger charge is 2.53. The van der Waals surface area contributed by atoms with E-state index in [0.717, 1.165) is 35.5 Å². The molecule has 0 aromatic heterocycles. The minimum absolute atomic E-state index is 0.516. The molecule has 34 heavy (non-hydrogen) atoms. The molecule has 0 spiro atoms. The van der Waals surface area contributed by atoms with E-state index < -0.39 is 0 Å². The third-order valence-corrected chi connectivity index (χ3v) is 13.7. The van der Waals surface area contributed by atoms with Gasteiger partial charge in [0.25, 0.3) is 0 Å². The molecule has 186 valence electrons. The van der Waals surface area contributed by atoms with E-state index >= 15 is 0 Å². The zero-order valence-corrected chi connectivity index (χ0v) is 23.6. The van der Waals surface area contributed by atoms with Gasteiger partial charge in [-0.1, -0.05) is 123 Å². The summed E-state index contributed by atoms with van der Waals surface area (Å²) in [5.74, 6) is 6.83. The molecular formula is C31H53B3. The molecule has 0 saturated heterocycles. The van der Waals surface area contributed by atoms with Gasteiger partial charge in [-0.05, 0) is 71.0 Å². The Kier molecular flexibility index (Phi) is 8.14. The highest BCUT2D eigenvalue weighted by molar-refractivity contribution is 6.12. The summed E-state index contributed by atoms with van der Waals surface area (Å²) in [6.07, 6.45) is 17.9. The van der Waals surface area contributed by atoms with Crippen LogP contribution in [0.15, 0.2) is 0 Å². The first kappa shape index (κ1) is 27.2. The summed E-state index contributed by atoms with van der Waals surface area (Å²) in [7, 11) is 18.3. The zero-order chi connectivity index (χ0) is 24.9. The van der Waals surface area contributed by atoms with E-state index in [-0.39, 0.29) is 0 Å². The van der Waals surface area contributed by atoms with Crippen molar-refractivity contribution in [2.75, 3.05) is 0 Å². The molecule has 3 heteroatoms. The Morgan fingerprint density at radius 3 is 1.15 bits per heavy atom. The third kappa shape index (κ3) is 4.32. The molecule has 0 amide bonds. The third-order valence-electron chi connectivity index (χ3n) is 13.7. The Bertz CT molecular complexity index is 656. The first-order chi connectivity index (χ1) is 16.1. The van der Waals surface area contributed by atoms with Crippen LogP contribution in [-0.4, -0.2) is 23.5 Å². The van der Waals surface area contributed by atoms with Crippen LogP contribution in [0, 0.1) is 51.8 Å². The monoisotopic (exact) mass is 458 g/mol. The van der Waals surface area contributed by atoms with Gasteiger partial charge in [0.1, 0.15) is 0 Å². The van der Waals surface area contributed by atoms with Gasteiger partial charge in [0.05, 0.1) is 23.5 Å². The second-order valence-electron chi connectivity index (χ2n) is 14.1. The normalized spacial score (nSPS) is 54.4. The van der Waals surface area contributed by atoms with Crippen LogP contribution in [-0.2, 0) is 0 Å². The van der Waals surface area contributed by atoms with Crippen LogP contribution in [0.5, 0.6) is 0 Å². The Balaban J connectivity index is 0.000000121. The molecule has 6 bridgehead atoms. The van der Waals surface area contributed by atoms with Gasteiger partial charge >= 0.3 is 0 Å². The molecule has 6 rings (SSSR count). The molecule has 6 aliphatic carbocycles. The van der Waals surface area contributed by atoms with Crippen molar-refractivity contribution in [2.24, 2.45) is 51.8 Å². The van der Waals surface area contributed by atoms with Crippen molar-refractivity contribution < 1.29 is 0 Å². The molecular weight excluding hydrogens is 405 g/mol. The average molecular weight is 458 g/mol. The molecule has 0 aliphatic heterocycles. The topological polar surface area (TPSA) is 0 Å². The van der Waals surface area contributed by atoms with Gasteiger partial charge < -0.3 is 0 Å². The van der Waals surface area contributed by atoms with E-state index in [0.29, 0.717) is 33.7 Å². The summed E-state index contributed by atoms with van der Waals surface area (Å²) < 4.78 is 0. The van der Waals surface area contributed by atoms with Crippen LogP contribution in [0.4, 0.5) is 0 Å². The van der Waals surface area contributed by atoms with Gasteiger partial charge in [0.15, 0.2) is 0 Å². The molecule has 5 unspecified atom stereocenters. The number of rotatable bonds is 3. The van der Waals surface area contributed by atoms with E-state index in [1.165, 1.54) is 83.5 Å². The molecule has 0 heterocycles. The lowest BCUT2D eigenvalue weighted by molar-refractivity contribution is 0.117. The fourth-order valence-electron chi connectivity index (χ4n) is 10.8. The van der Waals surface area contributed by atoms with Crippen molar-refractivity contribution in [3.05, 3.63) is 0 Å². The average Bonchev–Trinajstić information content (AvgIpc) is 3.50. The van der Waals surface area contributed by atoms with Gasteiger partial charge in [0.2, 0.25) is 0 Å². The van der Waals surface area contributed by atoms with Crippen molar-refractivity contribution in [1.29, 1.82) is 0 Å². The Morgan fingerprint density at radius 2 is 0.853 bits per heavy atom. The minimum atomic E-state index is 0.516. The SMILES string of the molecule is [B][C@@H]1CC2(CC)CCC1[C@@H]2C.[B][C@@H]1CC2(CC)CCCC1[C@@H]2C.[B][C@@H]1CC2(CC)CC[C@@H]1[C@@H]2C. The van der Waals surface area contributed by atoms with Gasteiger partial charge in [-0.25, -0.2) is 0 Å². The predicted molar refractivity (Wildman–Crippen MR) is 151 cm³/mol. The molecule has 6 saturated carbocycles. The number of hydrogen-bond acceptors (Lipinski definition) is 0. The summed E-state index contributed by atoms with van der Waals surface area (Å²) >= 11 is 0. The molecule has 6 radical (unpaired) electrons. The number of hydrogen-bond donors (Lipinski definition) is 0. The lowest BCUT2D eigenvalue weighted by Crippen LogP contribution is -2.29. The van der Waals surface area contributed by atoms with Crippen LogP contribution in [0.25, 0.3) is 0 Å². The van der Waals surface area contributed by atoms with E-state index in [2.05, 4.69) is 41.5 Å². The van der Waals surface area contributed by atoms with Gasteiger partial charge in [-0.15, -0.1) is 0 Å². The van der Waals surface area contributed by atoms with Crippen LogP contribution < -0.4 is 0 Å². The Hall–Kier alpha value is 0.195. The van der Waals surface area contributed by atoms with Crippen molar-refractivity contribution in [3.8, 4) is 0 Å². The summed E-state index contributed by atoms with van der Waals surface area (Å²) in [4.78, 5) is 0. The fourth-order valence-corrected chi connectivity index (χ4v) is 10.8. The van der Waals surface area contributed by atoms with Crippen LogP contribution in [0.3, 0.4) is 0 Å². The first-order valence-electron chi connectivity index (χ1n) is 15.4. The maximum Gasteiger partial charge on any atom is 0.0703 e. The highest BCUT2D eigenvalue weighted by Crippen LogP contribution is 2.65. The lowest BCUT2D eigenvalue weighted by Gasteiger charge is -2.39. The molecule has 0 aromatic carbocycles. The molecule has 12 atom stereocenters. The Morgan fingerprint density at radius 1 is 0.529 bits per heavy atom. The summed E-state index contributed by atoms with van der Waals surface area (Å²) in [5.41, 5.74) is 1.95. The largest absolute Gasteiger partial charge is 0.0738 e. The quantitative estimate of drug-likeness (QED) is 0.371. The second-order valence-corrected chi connectivity index (χ2v) is 14.1. The summed E-state index contributed by atoms with van der Waals surface area (Å²) in [6.45, 7) is 14.3. The smallest absolute Gasteiger partial charge is 0.0703 e. The van der Waals surface area contributed by atoms with Crippen molar-refractivity contribution in [2.45, 2.75) is 142 Å². The van der Waals surface area contributed by atoms with Crippen molar-refractivity contribution >= 4 is 23.5 Å². The van der Waals surface area contributed by atoms with Crippen LogP contribution in [0.1, 0.15) is 125 Å². The second kappa shape index (κ2) is 10.2. The molecule has 0 nitrogen and oxygen atoms in total. The van der Waals surface area contributed by atoms with Crippen LogP contribution >= 0.6 is 0 Å². The summed E-state index contributed by atoms with van der Waals surface area (Å²) in [5, 5.41) is 0. The van der Waals surface area contributed by atoms with Crippen molar-refractivity contribution in [3.63, 3.8) is 0 Å². The molecule has 6 fully saturated rings. The molecule has 6 aliphatic rings. The Labute approximate surface area is 217 Å². The van der Waals surface area contributed by atoms with E-state index in [4.69, 9.17) is 23.5 Å². The van der Waals surface area contributed by atoms with Gasteiger partial charge in [-0.2, -0.15) is 0 Å². The lowest BCUT2D eigenvalue weighted by atomic mass is 9.66. The fraction of sp³-hybridized carbons (Fsp3) is 1.00. The maximum atomic E-state index is 6.17.